The zero-order chi connectivity index (χ0) is 13.3. The van der Waals surface area contributed by atoms with Crippen LogP contribution in [0.25, 0.3) is 0 Å². The van der Waals surface area contributed by atoms with Gasteiger partial charge in [0.1, 0.15) is 0 Å². The Morgan fingerprint density at radius 2 is 1.71 bits per heavy atom. The van der Waals surface area contributed by atoms with Gasteiger partial charge in [0.25, 0.3) is 10.1 Å². The van der Waals surface area contributed by atoms with Gasteiger partial charge in [0, 0.05) is 20.6 Å². The predicted molar refractivity (Wildman–Crippen MR) is 66.3 cm³/mol. The Morgan fingerprint density at radius 1 is 1.12 bits per heavy atom. The molecule has 0 fully saturated rings. The summed E-state index contributed by atoms with van der Waals surface area (Å²) in [6, 6.07) is 0. The van der Waals surface area contributed by atoms with E-state index in [9.17, 15) is 8.42 Å². The first-order chi connectivity index (χ1) is 7.92. The van der Waals surface area contributed by atoms with E-state index < -0.39 is 16.4 Å². The lowest BCUT2D eigenvalue weighted by Crippen LogP contribution is -2.26. The molecule has 0 radical (unpaired) electrons. The van der Waals surface area contributed by atoms with E-state index in [-0.39, 0.29) is 6.10 Å². The lowest BCUT2D eigenvalue weighted by molar-refractivity contribution is -0.120. The average Bonchev–Trinajstić information content (AvgIpc) is 2.23. The summed E-state index contributed by atoms with van der Waals surface area (Å²) >= 11 is 0. The summed E-state index contributed by atoms with van der Waals surface area (Å²) in [4.78, 5) is 0. The molecule has 5 nitrogen and oxygen atoms in total. The second-order valence-electron chi connectivity index (χ2n) is 4.05. The van der Waals surface area contributed by atoms with Gasteiger partial charge in [-0.15, -0.1) is 0 Å². The van der Waals surface area contributed by atoms with Crippen LogP contribution in [0.4, 0.5) is 0 Å². The Balaban J connectivity index is 4.28. The van der Waals surface area contributed by atoms with Crippen molar-refractivity contribution < 1.29 is 22.1 Å². The largest absolute Gasteiger partial charge is 0.356 e. The quantitative estimate of drug-likeness (QED) is 0.344. The Bertz CT molecular complexity index is 272. The van der Waals surface area contributed by atoms with Gasteiger partial charge in [-0.3, -0.25) is 4.18 Å². The Kier molecular flexibility index (Phi) is 8.77. The molecule has 1 atom stereocenters. The minimum Gasteiger partial charge on any atom is -0.356 e. The topological polar surface area (TPSA) is 61.8 Å². The summed E-state index contributed by atoms with van der Waals surface area (Å²) in [5.74, 6) is 0. The summed E-state index contributed by atoms with van der Waals surface area (Å²) in [6.07, 6.45) is 4.47. The number of methoxy groups -OCH3 is 2. The molecule has 1 unspecified atom stereocenters. The normalized spacial score (nSPS) is 14.2. The molecule has 0 aromatic heterocycles. The lowest BCUT2D eigenvalue weighted by Gasteiger charge is -2.21. The maximum Gasteiger partial charge on any atom is 0.264 e. The van der Waals surface area contributed by atoms with E-state index in [1.54, 1.807) is 0 Å². The fraction of sp³-hybridized carbons (Fsp3) is 1.00. The second-order valence-corrected chi connectivity index (χ2v) is 5.66. The number of hydrogen-bond acceptors (Lipinski definition) is 5. The van der Waals surface area contributed by atoms with Crippen molar-refractivity contribution >= 4 is 10.1 Å². The molecular formula is C11H24O5S. The van der Waals surface area contributed by atoms with Crippen molar-refractivity contribution in [2.45, 2.75) is 51.4 Å². The molecular weight excluding hydrogens is 244 g/mol. The fourth-order valence-corrected chi connectivity index (χ4v) is 2.25. The van der Waals surface area contributed by atoms with E-state index in [1.165, 1.54) is 14.2 Å². The molecule has 0 bridgehead atoms. The van der Waals surface area contributed by atoms with Gasteiger partial charge < -0.3 is 9.47 Å². The summed E-state index contributed by atoms with van der Waals surface area (Å²) in [6.45, 7) is 2.10. The first kappa shape index (κ1) is 16.8. The minimum atomic E-state index is -3.43. The molecule has 0 aliphatic carbocycles. The van der Waals surface area contributed by atoms with E-state index >= 15 is 0 Å². The molecule has 0 aliphatic rings. The highest BCUT2D eigenvalue weighted by atomic mass is 32.2. The van der Waals surface area contributed by atoms with Gasteiger partial charge >= 0.3 is 0 Å². The molecule has 0 amide bonds. The number of ether oxygens (including phenoxy) is 2. The highest BCUT2D eigenvalue weighted by Crippen LogP contribution is 2.16. The van der Waals surface area contributed by atoms with Crippen LogP contribution in [-0.2, 0) is 23.8 Å². The van der Waals surface area contributed by atoms with Crippen LogP contribution < -0.4 is 0 Å². The molecule has 0 aliphatic heterocycles. The third kappa shape index (κ3) is 9.52. The molecule has 0 saturated heterocycles. The number of hydrogen-bond donors (Lipinski definition) is 0. The summed E-state index contributed by atoms with van der Waals surface area (Å²) in [7, 11) is -0.383. The maximum atomic E-state index is 11.1. The van der Waals surface area contributed by atoms with E-state index in [4.69, 9.17) is 13.7 Å². The van der Waals surface area contributed by atoms with Crippen molar-refractivity contribution in [3.05, 3.63) is 0 Å². The van der Waals surface area contributed by atoms with Crippen molar-refractivity contribution in [1.29, 1.82) is 0 Å². The van der Waals surface area contributed by atoms with Crippen LogP contribution in [-0.4, -0.2) is 41.3 Å². The molecule has 0 saturated carbocycles. The van der Waals surface area contributed by atoms with Crippen molar-refractivity contribution in [2.75, 3.05) is 20.5 Å². The average molecular weight is 268 g/mol. The lowest BCUT2D eigenvalue weighted by atomic mass is 10.1. The van der Waals surface area contributed by atoms with Crippen LogP contribution in [0.5, 0.6) is 0 Å². The van der Waals surface area contributed by atoms with Crippen molar-refractivity contribution in [2.24, 2.45) is 0 Å². The second kappa shape index (κ2) is 8.85. The van der Waals surface area contributed by atoms with Gasteiger partial charge in [-0.2, -0.15) is 8.42 Å². The molecule has 0 N–H and O–H groups in total. The fourth-order valence-electron chi connectivity index (χ4n) is 1.58. The van der Waals surface area contributed by atoms with E-state index in [2.05, 4.69) is 6.92 Å². The van der Waals surface area contributed by atoms with Gasteiger partial charge in [-0.25, -0.2) is 0 Å². The van der Waals surface area contributed by atoms with Gasteiger partial charge in [-0.05, 0) is 6.42 Å². The first-order valence-corrected chi connectivity index (χ1v) is 7.68. The summed E-state index contributed by atoms with van der Waals surface area (Å²) in [5.41, 5.74) is 0. The highest BCUT2D eigenvalue weighted by Gasteiger charge is 2.20. The monoisotopic (exact) mass is 268 g/mol. The third-order valence-electron chi connectivity index (χ3n) is 2.42. The number of unbranched alkanes of at least 4 members (excludes halogenated alkanes) is 2. The van der Waals surface area contributed by atoms with Crippen molar-refractivity contribution in [3.63, 3.8) is 0 Å². The number of rotatable bonds is 10. The molecule has 17 heavy (non-hydrogen) atoms. The van der Waals surface area contributed by atoms with Crippen LogP contribution in [0, 0.1) is 0 Å². The predicted octanol–water partition coefficient (Wildman–Crippen LogP) is 1.92. The molecule has 104 valence electrons. The maximum absolute atomic E-state index is 11.1. The van der Waals surface area contributed by atoms with Crippen molar-refractivity contribution in [3.8, 4) is 0 Å². The molecule has 0 spiro atoms. The minimum absolute atomic E-state index is 0.374. The Hall–Kier alpha value is -0.170. The summed E-state index contributed by atoms with van der Waals surface area (Å²) in [5, 5.41) is 0. The third-order valence-corrected chi connectivity index (χ3v) is 3.04. The van der Waals surface area contributed by atoms with Gasteiger partial charge in [-0.1, -0.05) is 26.2 Å². The molecule has 0 heterocycles. The standard InChI is InChI=1S/C11H24O5S/c1-5-6-7-8-10(16-17(4,12)13)9-11(14-2)15-3/h10-11H,5-9H2,1-4H3. The van der Waals surface area contributed by atoms with E-state index in [1.807, 2.05) is 0 Å². The van der Waals surface area contributed by atoms with Crippen LogP contribution in [0.1, 0.15) is 39.0 Å². The smallest absolute Gasteiger partial charge is 0.264 e. The van der Waals surface area contributed by atoms with Crippen LogP contribution in [0.15, 0.2) is 0 Å². The van der Waals surface area contributed by atoms with Gasteiger partial charge in [0.15, 0.2) is 6.29 Å². The van der Waals surface area contributed by atoms with Gasteiger partial charge in [0.2, 0.25) is 0 Å². The first-order valence-electron chi connectivity index (χ1n) is 5.86. The van der Waals surface area contributed by atoms with Crippen LogP contribution >= 0.6 is 0 Å². The Morgan fingerprint density at radius 3 is 2.12 bits per heavy atom. The van der Waals surface area contributed by atoms with E-state index in [0.717, 1.165) is 25.5 Å². The Labute approximate surface area is 105 Å². The zero-order valence-electron chi connectivity index (χ0n) is 11.1. The highest BCUT2D eigenvalue weighted by molar-refractivity contribution is 7.86. The zero-order valence-corrected chi connectivity index (χ0v) is 12.0. The molecule has 0 aromatic carbocycles. The van der Waals surface area contributed by atoms with E-state index in [0.29, 0.717) is 12.8 Å². The SMILES string of the molecule is CCCCCC(CC(OC)OC)OS(C)(=O)=O. The molecule has 0 rings (SSSR count). The molecule has 0 aromatic rings. The molecule has 6 heteroatoms. The van der Waals surface area contributed by atoms with Gasteiger partial charge in [0.05, 0.1) is 12.4 Å². The van der Waals surface area contributed by atoms with Crippen molar-refractivity contribution in [1.82, 2.24) is 0 Å². The van der Waals surface area contributed by atoms with Crippen LogP contribution in [0.2, 0.25) is 0 Å². The van der Waals surface area contributed by atoms with Crippen LogP contribution in [0.3, 0.4) is 0 Å². The summed E-state index contributed by atoms with van der Waals surface area (Å²) < 4.78 is 37.4.